The Kier molecular flexibility index (Phi) is 3.95. The zero-order valence-electron chi connectivity index (χ0n) is 9.33. The molecule has 1 fully saturated rings. The number of cyclic esters (lactones) is 1. The molecule has 2 N–H and O–H groups in total. The first-order valence-corrected chi connectivity index (χ1v) is 5.49. The monoisotopic (exact) mass is 237 g/mol. The summed E-state index contributed by atoms with van der Waals surface area (Å²) in [5.41, 5.74) is 1.07. The van der Waals surface area contributed by atoms with E-state index in [0.717, 1.165) is 5.56 Å². The van der Waals surface area contributed by atoms with Gasteiger partial charge in [-0.15, -0.1) is 0 Å². The third-order valence-corrected chi connectivity index (χ3v) is 2.60. The van der Waals surface area contributed by atoms with Gasteiger partial charge in [-0.2, -0.15) is 0 Å². The second-order valence-corrected chi connectivity index (χ2v) is 3.88. The molecule has 0 aliphatic carbocycles. The molecule has 17 heavy (non-hydrogen) atoms. The van der Waals surface area contributed by atoms with E-state index in [4.69, 9.17) is 14.6 Å². The van der Waals surface area contributed by atoms with Gasteiger partial charge in [0.2, 0.25) is 0 Å². The van der Waals surface area contributed by atoms with Gasteiger partial charge in [0.05, 0.1) is 25.9 Å². The first kappa shape index (κ1) is 11.9. The van der Waals surface area contributed by atoms with Gasteiger partial charge in [-0.25, -0.2) is 4.79 Å². The van der Waals surface area contributed by atoms with Crippen LogP contribution in [0.15, 0.2) is 30.3 Å². The number of ether oxygens (including phenoxy) is 2. The zero-order chi connectivity index (χ0) is 12.1. The molecule has 2 atom stereocenters. The van der Waals surface area contributed by atoms with Crippen LogP contribution in [0.1, 0.15) is 5.56 Å². The summed E-state index contributed by atoms with van der Waals surface area (Å²) in [5.74, 6) is 0. The number of aliphatic hydroxyl groups is 1. The number of alkyl carbamates (subject to hydrolysis) is 1. The average molecular weight is 237 g/mol. The number of nitrogens with one attached hydrogen (secondary N) is 1. The van der Waals surface area contributed by atoms with Crippen LogP contribution in [0.5, 0.6) is 0 Å². The number of benzene rings is 1. The van der Waals surface area contributed by atoms with Crippen LogP contribution in [0.25, 0.3) is 0 Å². The molecule has 0 unspecified atom stereocenters. The summed E-state index contributed by atoms with van der Waals surface area (Å²) in [6, 6.07) is 9.47. The van der Waals surface area contributed by atoms with Crippen molar-refractivity contribution in [2.24, 2.45) is 0 Å². The van der Waals surface area contributed by atoms with E-state index in [2.05, 4.69) is 5.32 Å². The first-order chi connectivity index (χ1) is 8.29. The minimum atomic E-state index is -0.515. The minimum Gasteiger partial charge on any atom is -0.441 e. The number of aliphatic hydroxyl groups excluding tert-OH is 1. The van der Waals surface area contributed by atoms with Crippen molar-refractivity contribution in [2.75, 3.05) is 13.2 Å². The van der Waals surface area contributed by atoms with Gasteiger partial charge in [-0.1, -0.05) is 30.3 Å². The normalized spacial score (nSPS) is 23.2. The van der Waals surface area contributed by atoms with Crippen molar-refractivity contribution < 1.29 is 19.4 Å². The van der Waals surface area contributed by atoms with Crippen molar-refractivity contribution in [2.45, 2.75) is 18.8 Å². The Morgan fingerprint density at radius 3 is 2.82 bits per heavy atom. The highest BCUT2D eigenvalue weighted by Crippen LogP contribution is 2.09. The lowest BCUT2D eigenvalue weighted by Gasteiger charge is -2.14. The van der Waals surface area contributed by atoms with Crippen LogP contribution >= 0.6 is 0 Å². The van der Waals surface area contributed by atoms with Crippen molar-refractivity contribution in [3.05, 3.63) is 35.9 Å². The van der Waals surface area contributed by atoms with Gasteiger partial charge in [-0.05, 0) is 5.56 Å². The third-order valence-electron chi connectivity index (χ3n) is 2.60. The molecule has 0 spiro atoms. The highest BCUT2D eigenvalue weighted by molar-refractivity contribution is 5.70. The van der Waals surface area contributed by atoms with Crippen molar-refractivity contribution in [1.29, 1.82) is 0 Å². The topological polar surface area (TPSA) is 67.8 Å². The Hall–Kier alpha value is -1.59. The molecule has 1 aliphatic heterocycles. The lowest BCUT2D eigenvalue weighted by atomic mass is 10.2. The molecule has 5 nitrogen and oxygen atoms in total. The van der Waals surface area contributed by atoms with E-state index in [-0.39, 0.29) is 12.6 Å². The SMILES string of the molecule is O=C1N[C@@H](COCc2ccccc2)[C@H](CO)O1. The molecule has 0 radical (unpaired) electrons. The summed E-state index contributed by atoms with van der Waals surface area (Å²) >= 11 is 0. The Labute approximate surface area is 99.3 Å². The number of amides is 1. The lowest BCUT2D eigenvalue weighted by molar-refractivity contribution is 0.0450. The molecule has 1 aromatic rings. The lowest BCUT2D eigenvalue weighted by Crippen LogP contribution is -2.37. The van der Waals surface area contributed by atoms with Crippen LogP contribution in [0.2, 0.25) is 0 Å². The highest BCUT2D eigenvalue weighted by Gasteiger charge is 2.33. The van der Waals surface area contributed by atoms with Crippen LogP contribution in [-0.4, -0.2) is 36.6 Å². The van der Waals surface area contributed by atoms with Gasteiger partial charge in [0.1, 0.15) is 6.10 Å². The molecule has 92 valence electrons. The quantitative estimate of drug-likeness (QED) is 0.790. The van der Waals surface area contributed by atoms with Crippen LogP contribution in [0, 0.1) is 0 Å². The van der Waals surface area contributed by atoms with E-state index in [0.29, 0.717) is 13.2 Å². The van der Waals surface area contributed by atoms with E-state index < -0.39 is 12.2 Å². The van der Waals surface area contributed by atoms with E-state index >= 15 is 0 Å². The standard InChI is InChI=1S/C12H15NO4/c14-6-11-10(13-12(15)17-11)8-16-7-9-4-2-1-3-5-9/h1-5,10-11,14H,6-8H2,(H,13,15)/t10-,11-/m0/s1. The van der Waals surface area contributed by atoms with Gasteiger partial charge in [-0.3, -0.25) is 0 Å². The summed E-state index contributed by atoms with van der Waals surface area (Å²) in [7, 11) is 0. The largest absolute Gasteiger partial charge is 0.441 e. The molecule has 5 heteroatoms. The van der Waals surface area contributed by atoms with Gasteiger partial charge in [0, 0.05) is 0 Å². The summed E-state index contributed by atoms with van der Waals surface area (Å²) in [4.78, 5) is 11.0. The predicted octanol–water partition coefficient (Wildman–Crippen LogP) is 0.672. The van der Waals surface area contributed by atoms with Crippen LogP contribution in [0.4, 0.5) is 4.79 Å². The maximum atomic E-state index is 11.0. The number of carbonyl (C=O) groups excluding carboxylic acids is 1. The molecule has 0 saturated carbocycles. The fourth-order valence-electron chi connectivity index (χ4n) is 1.69. The van der Waals surface area contributed by atoms with Crippen molar-refractivity contribution >= 4 is 6.09 Å². The van der Waals surface area contributed by atoms with E-state index in [1.54, 1.807) is 0 Å². The molecule has 2 rings (SSSR count). The number of hydrogen-bond acceptors (Lipinski definition) is 4. The van der Waals surface area contributed by atoms with E-state index in [1.165, 1.54) is 0 Å². The minimum absolute atomic E-state index is 0.196. The maximum absolute atomic E-state index is 11.0. The van der Waals surface area contributed by atoms with Crippen LogP contribution < -0.4 is 5.32 Å². The molecule has 1 aromatic carbocycles. The fourth-order valence-corrected chi connectivity index (χ4v) is 1.69. The molecule has 0 aromatic heterocycles. The van der Waals surface area contributed by atoms with Crippen molar-refractivity contribution in [3.63, 3.8) is 0 Å². The second-order valence-electron chi connectivity index (χ2n) is 3.88. The first-order valence-electron chi connectivity index (χ1n) is 5.49. The number of carbonyl (C=O) groups is 1. The Morgan fingerprint density at radius 1 is 1.35 bits per heavy atom. The molecule has 1 aliphatic rings. The predicted molar refractivity (Wildman–Crippen MR) is 60.4 cm³/mol. The Balaban J connectivity index is 1.77. The van der Waals surface area contributed by atoms with Gasteiger partial charge in [0.25, 0.3) is 0 Å². The van der Waals surface area contributed by atoms with Gasteiger partial charge < -0.3 is 19.9 Å². The van der Waals surface area contributed by atoms with Gasteiger partial charge >= 0.3 is 6.09 Å². The number of hydrogen-bond donors (Lipinski definition) is 2. The molecule has 1 heterocycles. The number of rotatable bonds is 5. The van der Waals surface area contributed by atoms with Crippen molar-refractivity contribution in [3.8, 4) is 0 Å². The fraction of sp³-hybridized carbons (Fsp3) is 0.417. The molecular formula is C12H15NO4. The summed E-state index contributed by atoms with van der Waals surface area (Å²) in [5, 5.41) is 11.6. The second kappa shape index (κ2) is 5.65. The zero-order valence-corrected chi connectivity index (χ0v) is 9.33. The van der Waals surface area contributed by atoms with Gasteiger partial charge in [0.15, 0.2) is 0 Å². The molecule has 0 bridgehead atoms. The van der Waals surface area contributed by atoms with Crippen LogP contribution in [0.3, 0.4) is 0 Å². The summed E-state index contributed by atoms with van der Waals surface area (Å²) in [6.07, 6.45) is -1.02. The van der Waals surface area contributed by atoms with Crippen LogP contribution in [-0.2, 0) is 16.1 Å². The molecule has 1 saturated heterocycles. The highest BCUT2D eigenvalue weighted by atomic mass is 16.6. The Morgan fingerprint density at radius 2 is 2.12 bits per heavy atom. The molecule has 1 amide bonds. The summed E-state index contributed by atoms with van der Waals surface area (Å²) in [6.45, 7) is 0.606. The van der Waals surface area contributed by atoms with E-state index in [9.17, 15) is 4.79 Å². The maximum Gasteiger partial charge on any atom is 0.407 e. The average Bonchev–Trinajstić information content (AvgIpc) is 2.71. The molecular weight excluding hydrogens is 222 g/mol. The summed E-state index contributed by atoms with van der Waals surface area (Å²) < 4.78 is 10.3. The smallest absolute Gasteiger partial charge is 0.407 e. The van der Waals surface area contributed by atoms with E-state index in [1.807, 2.05) is 30.3 Å². The Bertz CT molecular complexity index is 368. The third kappa shape index (κ3) is 3.18. The van der Waals surface area contributed by atoms with Crippen molar-refractivity contribution in [1.82, 2.24) is 5.32 Å².